The minimum atomic E-state index is -1.04. The van der Waals surface area contributed by atoms with Crippen molar-refractivity contribution < 1.29 is 14.5 Å². The number of carbonyl (C=O) groups is 1. The number of imidazole rings is 1. The van der Waals surface area contributed by atoms with Gasteiger partial charge in [-0.05, 0) is 25.3 Å². The zero-order valence-electron chi connectivity index (χ0n) is 10.7. The van der Waals surface area contributed by atoms with Crippen LogP contribution in [0.1, 0.15) is 26.2 Å². The second-order valence-corrected chi connectivity index (χ2v) is 4.37. The fourth-order valence-corrected chi connectivity index (χ4v) is 1.58. The number of aryl methyl sites for hydroxylation is 2. The first-order valence-corrected chi connectivity index (χ1v) is 5.97. The first-order chi connectivity index (χ1) is 8.49. The van der Waals surface area contributed by atoms with Crippen molar-refractivity contribution in [3.05, 3.63) is 30.9 Å². The van der Waals surface area contributed by atoms with Crippen LogP contribution in [0.2, 0.25) is 0 Å². The second-order valence-electron chi connectivity index (χ2n) is 4.37. The lowest BCUT2D eigenvalue weighted by Crippen LogP contribution is -2.35. The van der Waals surface area contributed by atoms with Gasteiger partial charge in [0.2, 0.25) is 6.33 Å². The Balaban J connectivity index is 2.33. The van der Waals surface area contributed by atoms with Crippen LogP contribution in [0.3, 0.4) is 0 Å². The third-order valence-corrected chi connectivity index (χ3v) is 2.68. The summed E-state index contributed by atoms with van der Waals surface area (Å²) in [4.78, 5) is 10.3. The van der Waals surface area contributed by atoms with Crippen LogP contribution in [-0.4, -0.2) is 16.2 Å². The van der Waals surface area contributed by atoms with Crippen LogP contribution in [-0.2, 0) is 17.9 Å². The molecule has 0 radical (unpaired) electrons. The molecule has 1 heterocycles. The molecule has 1 rings (SSSR count). The van der Waals surface area contributed by atoms with E-state index in [9.17, 15) is 9.90 Å². The summed E-state index contributed by atoms with van der Waals surface area (Å²) in [7, 11) is 0. The molecule has 5 nitrogen and oxygen atoms in total. The van der Waals surface area contributed by atoms with Gasteiger partial charge in [-0.3, -0.25) is 0 Å². The number of aromatic nitrogens is 2. The van der Waals surface area contributed by atoms with Gasteiger partial charge in [-0.1, -0.05) is 6.58 Å². The van der Waals surface area contributed by atoms with E-state index in [2.05, 4.69) is 6.58 Å². The van der Waals surface area contributed by atoms with Crippen LogP contribution < -0.4 is 9.67 Å². The third kappa shape index (κ3) is 4.95. The molecule has 0 aliphatic carbocycles. The number of nitrogens with one attached hydrogen (secondary N) is 1. The van der Waals surface area contributed by atoms with E-state index in [-0.39, 0.29) is 6.42 Å². The van der Waals surface area contributed by atoms with Gasteiger partial charge in [0.1, 0.15) is 12.4 Å². The van der Waals surface area contributed by atoms with Crippen LogP contribution in [0.15, 0.2) is 30.9 Å². The second kappa shape index (κ2) is 6.74. The van der Waals surface area contributed by atoms with Crippen LogP contribution in [0.4, 0.5) is 0 Å². The zero-order valence-corrected chi connectivity index (χ0v) is 10.7. The molecular weight excluding hydrogens is 230 g/mol. The van der Waals surface area contributed by atoms with Gasteiger partial charge in [-0.15, -0.1) is 0 Å². The summed E-state index contributed by atoms with van der Waals surface area (Å²) in [5, 5.41) is 18.0. The van der Waals surface area contributed by atoms with Crippen LogP contribution in [0.25, 0.3) is 0 Å². The molecule has 0 atom stereocenters. The van der Waals surface area contributed by atoms with Crippen molar-refractivity contribution in [1.29, 1.82) is 5.41 Å². The van der Waals surface area contributed by atoms with E-state index in [4.69, 9.17) is 5.41 Å². The molecule has 0 saturated carbocycles. The molecule has 0 bridgehead atoms. The fraction of sp³-hybridized carbons (Fsp3) is 0.462. The number of carboxylic acids is 1. The lowest BCUT2D eigenvalue weighted by atomic mass is 10.1. The Morgan fingerprint density at radius 2 is 2.22 bits per heavy atom. The minimum Gasteiger partial charge on any atom is -0.550 e. The van der Waals surface area contributed by atoms with Crippen molar-refractivity contribution in [2.75, 3.05) is 0 Å². The molecule has 98 valence electrons. The summed E-state index contributed by atoms with van der Waals surface area (Å²) in [6, 6.07) is 0. The molecule has 0 fully saturated rings. The Bertz CT molecular complexity index is 449. The largest absolute Gasteiger partial charge is 0.550 e. The van der Waals surface area contributed by atoms with E-state index in [1.165, 1.54) is 0 Å². The van der Waals surface area contributed by atoms with Gasteiger partial charge in [0.15, 0.2) is 0 Å². The summed E-state index contributed by atoms with van der Waals surface area (Å²) in [6.45, 7) is 6.81. The Labute approximate surface area is 107 Å². The molecule has 0 amide bonds. The van der Waals surface area contributed by atoms with Crippen molar-refractivity contribution in [2.24, 2.45) is 0 Å². The Hall–Kier alpha value is -1.91. The summed E-state index contributed by atoms with van der Waals surface area (Å²) in [5.74, 6) is -1.04. The van der Waals surface area contributed by atoms with Gasteiger partial charge < -0.3 is 15.3 Å². The molecule has 0 spiro atoms. The topological polar surface area (TPSA) is 72.8 Å². The van der Waals surface area contributed by atoms with E-state index in [1.54, 1.807) is 0 Å². The van der Waals surface area contributed by atoms with Gasteiger partial charge in [0.25, 0.3) is 0 Å². The van der Waals surface area contributed by atoms with Crippen molar-refractivity contribution in [2.45, 2.75) is 39.3 Å². The molecule has 5 heteroatoms. The summed E-state index contributed by atoms with van der Waals surface area (Å²) >= 11 is 0. The molecular formula is C13H19N3O2. The van der Waals surface area contributed by atoms with Crippen LogP contribution in [0.5, 0.6) is 0 Å². The zero-order chi connectivity index (χ0) is 13.5. The molecule has 0 aromatic carbocycles. The monoisotopic (exact) mass is 249 g/mol. The number of allylic oxidation sites excluding steroid dienone is 1. The van der Waals surface area contributed by atoms with Crippen LogP contribution >= 0.6 is 0 Å². The van der Waals surface area contributed by atoms with E-state index in [1.807, 2.05) is 34.8 Å². The number of hydrogen-bond acceptors (Lipinski definition) is 3. The predicted molar refractivity (Wildman–Crippen MR) is 66.0 cm³/mol. The van der Waals surface area contributed by atoms with E-state index >= 15 is 0 Å². The molecule has 18 heavy (non-hydrogen) atoms. The predicted octanol–water partition coefficient (Wildman–Crippen LogP) is 0.292. The lowest BCUT2D eigenvalue weighted by Gasteiger charge is -2.01. The first-order valence-electron chi connectivity index (χ1n) is 5.97. The number of carbonyl (C=O) groups excluding carboxylic acids is 1. The quantitative estimate of drug-likeness (QED) is 0.531. The highest BCUT2D eigenvalue weighted by molar-refractivity contribution is 5.96. The molecule has 0 saturated heterocycles. The smallest absolute Gasteiger partial charge is 0.243 e. The number of rotatable bonds is 8. The highest BCUT2D eigenvalue weighted by atomic mass is 16.4. The minimum absolute atomic E-state index is 0.0228. The maximum Gasteiger partial charge on any atom is 0.243 e. The highest BCUT2D eigenvalue weighted by Crippen LogP contribution is 2.01. The van der Waals surface area contributed by atoms with E-state index in [0.29, 0.717) is 18.7 Å². The summed E-state index contributed by atoms with van der Waals surface area (Å²) in [6.07, 6.45) is 7.22. The van der Waals surface area contributed by atoms with Crippen molar-refractivity contribution >= 4 is 11.7 Å². The van der Waals surface area contributed by atoms with Gasteiger partial charge in [-0.25, -0.2) is 9.13 Å². The maximum absolute atomic E-state index is 10.3. The lowest BCUT2D eigenvalue weighted by molar-refractivity contribution is -0.696. The number of nitrogens with zero attached hydrogens (tertiary/aromatic N) is 2. The third-order valence-electron chi connectivity index (χ3n) is 2.68. The van der Waals surface area contributed by atoms with Gasteiger partial charge in [0.05, 0.1) is 13.1 Å². The molecule has 0 aliphatic heterocycles. The molecule has 0 unspecified atom stereocenters. The fourth-order valence-electron chi connectivity index (χ4n) is 1.58. The maximum atomic E-state index is 10.3. The summed E-state index contributed by atoms with van der Waals surface area (Å²) in [5.41, 5.74) is 1.40. The average molecular weight is 249 g/mol. The van der Waals surface area contributed by atoms with Crippen LogP contribution in [0, 0.1) is 5.41 Å². The van der Waals surface area contributed by atoms with E-state index in [0.717, 1.165) is 18.5 Å². The van der Waals surface area contributed by atoms with Crippen molar-refractivity contribution in [3.63, 3.8) is 0 Å². The molecule has 0 aliphatic rings. The number of hydrogen-bond donors (Lipinski definition) is 1. The van der Waals surface area contributed by atoms with Gasteiger partial charge >= 0.3 is 0 Å². The highest BCUT2D eigenvalue weighted by Gasteiger charge is 2.04. The normalized spacial score (nSPS) is 10.3. The van der Waals surface area contributed by atoms with Gasteiger partial charge in [-0.2, -0.15) is 0 Å². The van der Waals surface area contributed by atoms with E-state index < -0.39 is 5.97 Å². The SMILES string of the molecule is C=C(C)C(=N)CCCn1cc[n+](CCC(=O)[O-])c1. The Morgan fingerprint density at radius 3 is 2.83 bits per heavy atom. The average Bonchev–Trinajstić information content (AvgIpc) is 2.74. The molecule has 1 aromatic heterocycles. The Kier molecular flexibility index (Phi) is 5.30. The standard InChI is InChI=1S/C13H19N3O2/c1-11(2)12(14)4-3-6-15-8-9-16(10-15)7-5-13(17)18/h8-10,14H,1,3-7H2,2H3. The van der Waals surface area contributed by atoms with Crippen molar-refractivity contribution in [3.8, 4) is 0 Å². The molecule has 1 N–H and O–H groups in total. The number of carboxylic acid groups (broad SMARTS) is 1. The van der Waals surface area contributed by atoms with Gasteiger partial charge in [0, 0.05) is 18.1 Å². The van der Waals surface area contributed by atoms with Crippen molar-refractivity contribution in [1.82, 2.24) is 4.57 Å². The first kappa shape index (κ1) is 14.2. The molecule has 1 aromatic rings. The number of aliphatic carboxylic acids is 1. The Morgan fingerprint density at radius 1 is 1.50 bits per heavy atom. The summed E-state index contributed by atoms with van der Waals surface area (Å²) < 4.78 is 3.81.